The number of carbonyl (C=O) groups excluding carboxylic acids is 1. The van der Waals surface area contributed by atoms with E-state index in [1.165, 1.54) is 4.57 Å². The topological polar surface area (TPSA) is 84.2 Å². The quantitative estimate of drug-likeness (QED) is 0.394. The molecular formula is C20H19BrClN3O3S. The highest BCUT2D eigenvalue weighted by Gasteiger charge is 2.15. The van der Waals surface area contributed by atoms with Gasteiger partial charge in [0.1, 0.15) is 0 Å². The Bertz CT molecular complexity index is 1130. The SMILES string of the molecule is Cc1ccc(NC(=O)CSc2nc3ccc(Br)cc3c(=O)n2C[C@H](C)O)cc1Cl. The molecule has 6 nitrogen and oxygen atoms in total. The number of aliphatic hydroxyl groups is 1. The number of nitrogens with zero attached hydrogens (tertiary/aromatic N) is 2. The summed E-state index contributed by atoms with van der Waals surface area (Å²) in [5.74, 6) is -0.191. The third-order valence-electron chi connectivity index (χ3n) is 4.12. The number of hydrogen-bond donors (Lipinski definition) is 2. The van der Waals surface area contributed by atoms with E-state index in [1.54, 1.807) is 37.3 Å². The van der Waals surface area contributed by atoms with Crippen molar-refractivity contribution < 1.29 is 9.90 Å². The molecule has 152 valence electrons. The molecule has 29 heavy (non-hydrogen) atoms. The van der Waals surface area contributed by atoms with Crippen molar-refractivity contribution in [3.63, 3.8) is 0 Å². The summed E-state index contributed by atoms with van der Waals surface area (Å²) in [4.78, 5) is 29.8. The molecule has 0 bridgehead atoms. The third-order valence-corrected chi connectivity index (χ3v) is 5.99. The molecule has 0 saturated carbocycles. The first kappa shape index (κ1) is 21.8. The Hall–Kier alpha value is -1.87. The number of benzene rings is 2. The Labute approximate surface area is 185 Å². The van der Waals surface area contributed by atoms with Gasteiger partial charge in [-0.3, -0.25) is 14.2 Å². The molecule has 2 aromatic carbocycles. The number of aryl methyl sites for hydroxylation is 1. The van der Waals surface area contributed by atoms with E-state index in [1.807, 2.05) is 13.0 Å². The van der Waals surface area contributed by atoms with Crippen LogP contribution in [0.4, 0.5) is 5.69 Å². The van der Waals surface area contributed by atoms with Crippen LogP contribution in [0.5, 0.6) is 0 Å². The summed E-state index contributed by atoms with van der Waals surface area (Å²) in [6.45, 7) is 3.57. The first-order chi connectivity index (χ1) is 13.7. The predicted octanol–water partition coefficient (Wildman–Crippen LogP) is 4.23. The lowest BCUT2D eigenvalue weighted by molar-refractivity contribution is -0.113. The molecule has 0 aliphatic heterocycles. The zero-order chi connectivity index (χ0) is 21.1. The third kappa shape index (κ3) is 5.39. The molecule has 1 amide bonds. The van der Waals surface area contributed by atoms with Crippen molar-refractivity contribution in [1.82, 2.24) is 9.55 Å². The molecule has 0 fully saturated rings. The van der Waals surface area contributed by atoms with E-state index >= 15 is 0 Å². The number of amides is 1. The summed E-state index contributed by atoms with van der Waals surface area (Å²) in [5, 5.41) is 14.0. The van der Waals surface area contributed by atoms with Gasteiger partial charge in [0, 0.05) is 15.2 Å². The first-order valence-electron chi connectivity index (χ1n) is 8.81. The number of aromatic nitrogens is 2. The molecule has 9 heteroatoms. The minimum atomic E-state index is -0.734. The van der Waals surface area contributed by atoms with Crippen molar-refractivity contribution in [3.8, 4) is 0 Å². The van der Waals surface area contributed by atoms with E-state index < -0.39 is 6.10 Å². The lowest BCUT2D eigenvalue weighted by atomic mass is 10.2. The molecular weight excluding hydrogens is 478 g/mol. The summed E-state index contributed by atoms with van der Waals surface area (Å²) in [7, 11) is 0. The number of fused-ring (bicyclic) bond motifs is 1. The fourth-order valence-corrected chi connectivity index (χ4v) is 4.06. The lowest BCUT2D eigenvalue weighted by Gasteiger charge is -2.14. The lowest BCUT2D eigenvalue weighted by Crippen LogP contribution is -2.28. The van der Waals surface area contributed by atoms with Gasteiger partial charge in [0.15, 0.2) is 5.16 Å². The van der Waals surface area contributed by atoms with E-state index in [4.69, 9.17) is 11.6 Å². The van der Waals surface area contributed by atoms with Crippen LogP contribution >= 0.6 is 39.3 Å². The molecule has 1 atom stereocenters. The monoisotopic (exact) mass is 495 g/mol. The van der Waals surface area contributed by atoms with E-state index in [9.17, 15) is 14.7 Å². The van der Waals surface area contributed by atoms with Crippen molar-refractivity contribution in [2.24, 2.45) is 0 Å². The first-order valence-corrected chi connectivity index (χ1v) is 11.0. The number of rotatable bonds is 6. The van der Waals surface area contributed by atoms with Crippen molar-refractivity contribution in [3.05, 3.63) is 61.8 Å². The Kier molecular flexibility index (Phi) is 7.00. The Balaban J connectivity index is 1.84. The van der Waals surface area contributed by atoms with Crippen molar-refractivity contribution >= 4 is 61.8 Å². The van der Waals surface area contributed by atoms with Crippen molar-refractivity contribution in [1.29, 1.82) is 0 Å². The average Bonchev–Trinajstić information content (AvgIpc) is 2.66. The Morgan fingerprint density at radius 3 is 2.79 bits per heavy atom. The second-order valence-electron chi connectivity index (χ2n) is 6.62. The summed E-state index contributed by atoms with van der Waals surface area (Å²) in [6.07, 6.45) is -0.734. The van der Waals surface area contributed by atoms with Crippen LogP contribution in [-0.4, -0.2) is 32.4 Å². The van der Waals surface area contributed by atoms with Gasteiger partial charge in [-0.05, 0) is 49.7 Å². The number of thioether (sulfide) groups is 1. The fourth-order valence-electron chi connectivity index (χ4n) is 2.71. The molecule has 3 aromatic rings. The highest BCUT2D eigenvalue weighted by atomic mass is 79.9. The van der Waals surface area contributed by atoms with E-state index in [-0.39, 0.29) is 23.8 Å². The van der Waals surface area contributed by atoms with Gasteiger partial charge in [-0.1, -0.05) is 45.4 Å². The summed E-state index contributed by atoms with van der Waals surface area (Å²) in [6, 6.07) is 10.5. The maximum Gasteiger partial charge on any atom is 0.262 e. The maximum absolute atomic E-state index is 12.9. The molecule has 0 unspecified atom stereocenters. The van der Waals surface area contributed by atoms with Crippen molar-refractivity contribution in [2.45, 2.75) is 31.7 Å². The number of hydrogen-bond acceptors (Lipinski definition) is 5. The zero-order valence-electron chi connectivity index (χ0n) is 15.8. The highest BCUT2D eigenvalue weighted by molar-refractivity contribution is 9.10. The fraction of sp³-hybridized carbons (Fsp3) is 0.250. The predicted molar refractivity (Wildman–Crippen MR) is 121 cm³/mol. The van der Waals surface area contributed by atoms with E-state index in [0.29, 0.717) is 26.8 Å². The van der Waals surface area contributed by atoms with Gasteiger partial charge in [0.05, 0.1) is 29.3 Å². The molecule has 0 saturated heterocycles. The normalized spacial score (nSPS) is 12.2. The number of carbonyl (C=O) groups is 1. The summed E-state index contributed by atoms with van der Waals surface area (Å²) < 4.78 is 2.17. The van der Waals surface area contributed by atoms with Gasteiger partial charge < -0.3 is 10.4 Å². The molecule has 0 aliphatic carbocycles. The van der Waals surface area contributed by atoms with Crippen LogP contribution < -0.4 is 10.9 Å². The molecule has 1 aromatic heterocycles. The number of halogens is 2. The van der Waals surface area contributed by atoms with Crippen LogP contribution in [0.2, 0.25) is 5.02 Å². The average molecular weight is 497 g/mol. The molecule has 2 N–H and O–H groups in total. The molecule has 0 radical (unpaired) electrons. The van der Waals surface area contributed by atoms with Crippen LogP contribution in [0.3, 0.4) is 0 Å². The number of anilines is 1. The van der Waals surface area contributed by atoms with E-state index in [2.05, 4.69) is 26.2 Å². The maximum atomic E-state index is 12.9. The zero-order valence-corrected chi connectivity index (χ0v) is 18.9. The summed E-state index contributed by atoms with van der Waals surface area (Å²) >= 11 is 10.6. The van der Waals surface area contributed by atoms with Crippen LogP contribution in [-0.2, 0) is 11.3 Å². The Morgan fingerprint density at radius 2 is 2.10 bits per heavy atom. The van der Waals surface area contributed by atoms with Crippen LogP contribution in [0.15, 0.2) is 50.8 Å². The second-order valence-corrected chi connectivity index (χ2v) is 8.89. The van der Waals surface area contributed by atoms with Crippen LogP contribution in [0, 0.1) is 6.92 Å². The molecule has 1 heterocycles. The van der Waals surface area contributed by atoms with Gasteiger partial charge in [0.25, 0.3) is 5.56 Å². The largest absolute Gasteiger partial charge is 0.392 e. The van der Waals surface area contributed by atoms with Gasteiger partial charge in [0.2, 0.25) is 5.91 Å². The smallest absolute Gasteiger partial charge is 0.262 e. The van der Waals surface area contributed by atoms with Gasteiger partial charge in [-0.2, -0.15) is 0 Å². The molecule has 3 rings (SSSR count). The van der Waals surface area contributed by atoms with Gasteiger partial charge >= 0.3 is 0 Å². The molecule has 0 aliphatic rings. The van der Waals surface area contributed by atoms with Gasteiger partial charge in [-0.15, -0.1) is 0 Å². The summed E-state index contributed by atoms with van der Waals surface area (Å²) in [5.41, 5.74) is 1.80. The second kappa shape index (κ2) is 9.30. The van der Waals surface area contributed by atoms with Crippen LogP contribution in [0.25, 0.3) is 10.9 Å². The standard InChI is InChI=1S/C20H19BrClN3O3S/c1-11-3-5-14(8-16(11)22)23-18(27)10-29-20-24-17-6-4-13(21)7-15(17)19(28)25(20)9-12(2)26/h3-8,12,26H,9-10H2,1-2H3,(H,23,27)/t12-/m0/s1. The molecule has 0 spiro atoms. The number of nitrogens with one attached hydrogen (secondary N) is 1. The van der Waals surface area contributed by atoms with Crippen LogP contribution in [0.1, 0.15) is 12.5 Å². The minimum absolute atomic E-state index is 0.0553. The van der Waals surface area contributed by atoms with Crippen molar-refractivity contribution in [2.75, 3.05) is 11.1 Å². The highest BCUT2D eigenvalue weighted by Crippen LogP contribution is 2.23. The Morgan fingerprint density at radius 1 is 1.34 bits per heavy atom. The number of aliphatic hydroxyl groups excluding tert-OH is 1. The minimum Gasteiger partial charge on any atom is -0.392 e. The van der Waals surface area contributed by atoms with Gasteiger partial charge in [-0.25, -0.2) is 4.98 Å². The van der Waals surface area contributed by atoms with E-state index in [0.717, 1.165) is 21.8 Å².